The van der Waals surface area contributed by atoms with Crippen molar-refractivity contribution in [3.8, 4) is 5.88 Å². The van der Waals surface area contributed by atoms with Crippen LogP contribution in [0.2, 0.25) is 0 Å². The fraction of sp³-hybridized carbons (Fsp3) is 0.0556. The topological polar surface area (TPSA) is 152 Å². The Morgan fingerprint density at radius 3 is 2.60 bits per heavy atom. The SMILES string of the molecule is O=C1N=c2ccc([N+](=O)[O-])cc2=C1c1sc(NS(=O)(=O)Cc2ccccc2)nc1O. The molecule has 0 aliphatic carbocycles. The Morgan fingerprint density at radius 2 is 1.90 bits per heavy atom. The Labute approximate surface area is 173 Å². The van der Waals surface area contributed by atoms with Gasteiger partial charge in [-0.2, -0.15) is 4.98 Å². The van der Waals surface area contributed by atoms with Crippen molar-refractivity contribution in [1.82, 2.24) is 4.98 Å². The number of aromatic nitrogens is 1. The van der Waals surface area contributed by atoms with Crippen molar-refractivity contribution < 1.29 is 23.2 Å². The van der Waals surface area contributed by atoms with E-state index < -0.39 is 26.7 Å². The van der Waals surface area contributed by atoms with Gasteiger partial charge in [0.15, 0.2) is 0 Å². The molecule has 0 radical (unpaired) electrons. The van der Waals surface area contributed by atoms with Crippen LogP contribution in [0, 0.1) is 10.1 Å². The summed E-state index contributed by atoms with van der Waals surface area (Å²) in [6, 6.07) is 12.2. The average Bonchev–Trinajstić information content (AvgIpc) is 3.18. The molecule has 2 heterocycles. The van der Waals surface area contributed by atoms with Crippen LogP contribution in [0.3, 0.4) is 0 Å². The van der Waals surface area contributed by atoms with Gasteiger partial charge in [0.05, 0.1) is 21.6 Å². The first kappa shape index (κ1) is 19.7. The molecule has 1 aromatic heterocycles. The molecule has 12 heteroatoms. The number of hydrogen-bond donors (Lipinski definition) is 2. The Bertz CT molecular complexity index is 1410. The summed E-state index contributed by atoms with van der Waals surface area (Å²) in [5, 5.41) is 21.5. The number of amides is 1. The third kappa shape index (κ3) is 3.77. The molecule has 0 atom stereocenters. The van der Waals surface area contributed by atoms with E-state index in [0.29, 0.717) is 5.56 Å². The summed E-state index contributed by atoms with van der Waals surface area (Å²) in [5.74, 6) is -1.58. The largest absolute Gasteiger partial charge is 0.492 e. The summed E-state index contributed by atoms with van der Waals surface area (Å²) in [5.41, 5.74) is 0.243. The highest BCUT2D eigenvalue weighted by molar-refractivity contribution is 7.92. The Morgan fingerprint density at radius 1 is 1.17 bits per heavy atom. The van der Waals surface area contributed by atoms with Crippen molar-refractivity contribution in [2.45, 2.75) is 5.75 Å². The summed E-state index contributed by atoms with van der Waals surface area (Å²) in [4.78, 5) is 30.4. The molecule has 0 saturated carbocycles. The maximum Gasteiger partial charge on any atom is 0.279 e. The van der Waals surface area contributed by atoms with E-state index in [9.17, 15) is 28.4 Å². The number of hydrogen-bond acceptors (Lipinski definition) is 8. The summed E-state index contributed by atoms with van der Waals surface area (Å²) in [6.07, 6.45) is 0. The first-order chi connectivity index (χ1) is 14.2. The van der Waals surface area contributed by atoms with Crippen LogP contribution in [0.25, 0.3) is 5.57 Å². The lowest BCUT2D eigenvalue weighted by Crippen LogP contribution is -2.23. The van der Waals surface area contributed by atoms with E-state index in [-0.39, 0.29) is 37.6 Å². The minimum atomic E-state index is -3.83. The highest BCUT2D eigenvalue weighted by Gasteiger charge is 2.27. The van der Waals surface area contributed by atoms with E-state index in [4.69, 9.17) is 0 Å². The summed E-state index contributed by atoms with van der Waals surface area (Å²) in [6.45, 7) is 0. The third-order valence-electron chi connectivity index (χ3n) is 4.17. The average molecular weight is 444 g/mol. The Kier molecular flexibility index (Phi) is 4.79. The van der Waals surface area contributed by atoms with Gasteiger partial charge < -0.3 is 5.11 Å². The lowest BCUT2D eigenvalue weighted by Gasteiger charge is -2.04. The molecule has 1 amide bonds. The molecule has 2 aromatic carbocycles. The van der Waals surface area contributed by atoms with Gasteiger partial charge in [-0.1, -0.05) is 41.7 Å². The number of nitro groups is 1. The van der Waals surface area contributed by atoms with Gasteiger partial charge in [0.1, 0.15) is 4.88 Å². The number of nitrogens with one attached hydrogen (secondary N) is 1. The van der Waals surface area contributed by atoms with E-state index in [1.54, 1.807) is 30.3 Å². The number of nitrogens with zero attached hydrogens (tertiary/aromatic N) is 3. The fourth-order valence-corrected chi connectivity index (χ4v) is 5.24. The number of rotatable bonds is 6. The Balaban J connectivity index is 1.72. The summed E-state index contributed by atoms with van der Waals surface area (Å²) < 4.78 is 27.1. The second-order valence-corrected chi connectivity index (χ2v) is 8.99. The van der Waals surface area contributed by atoms with Crippen LogP contribution in [-0.4, -0.2) is 29.3 Å². The quantitative estimate of drug-likeness (QED) is 0.426. The molecule has 0 spiro atoms. The van der Waals surface area contributed by atoms with Gasteiger partial charge in [0, 0.05) is 17.4 Å². The molecule has 0 fully saturated rings. The summed E-state index contributed by atoms with van der Waals surface area (Å²) >= 11 is 0.737. The number of carbonyl (C=O) groups excluding carboxylic acids is 1. The van der Waals surface area contributed by atoms with Crippen LogP contribution < -0.4 is 15.3 Å². The number of nitro benzene ring substituents is 1. The van der Waals surface area contributed by atoms with E-state index in [1.165, 1.54) is 18.2 Å². The molecular formula is C18H12N4O6S2. The van der Waals surface area contributed by atoms with Crippen molar-refractivity contribution in [1.29, 1.82) is 0 Å². The van der Waals surface area contributed by atoms with Crippen molar-refractivity contribution in [3.63, 3.8) is 0 Å². The lowest BCUT2D eigenvalue weighted by molar-refractivity contribution is -0.385. The van der Waals surface area contributed by atoms with E-state index in [1.807, 2.05) is 0 Å². The van der Waals surface area contributed by atoms with Crippen LogP contribution in [0.4, 0.5) is 10.8 Å². The zero-order valence-electron chi connectivity index (χ0n) is 15.0. The smallest absolute Gasteiger partial charge is 0.279 e. The van der Waals surface area contributed by atoms with E-state index in [2.05, 4.69) is 14.7 Å². The standard InChI is InChI=1S/C18H12N4O6S2/c23-16-14(12-8-11(22(25)26)6-7-13(12)19-16)15-17(24)20-18(29-15)21-30(27,28)9-10-4-2-1-3-5-10/h1-8,24H,9H2,(H,20,21). The minimum absolute atomic E-state index is 0.0274. The first-order valence-corrected chi connectivity index (χ1v) is 10.9. The zero-order chi connectivity index (χ0) is 21.5. The highest BCUT2D eigenvalue weighted by Crippen LogP contribution is 2.34. The predicted octanol–water partition coefficient (Wildman–Crippen LogP) is 1.06. The van der Waals surface area contributed by atoms with Gasteiger partial charge in [-0.15, -0.1) is 0 Å². The first-order valence-electron chi connectivity index (χ1n) is 8.40. The van der Waals surface area contributed by atoms with Gasteiger partial charge in [0.2, 0.25) is 21.0 Å². The lowest BCUT2D eigenvalue weighted by atomic mass is 10.1. The number of non-ortho nitro benzene ring substituents is 1. The van der Waals surface area contributed by atoms with Crippen LogP contribution in [0.15, 0.2) is 53.5 Å². The molecule has 4 rings (SSSR count). The van der Waals surface area contributed by atoms with E-state index in [0.717, 1.165) is 11.3 Å². The van der Waals surface area contributed by atoms with Crippen molar-refractivity contribution >= 4 is 43.7 Å². The van der Waals surface area contributed by atoms with Crippen LogP contribution >= 0.6 is 11.3 Å². The number of anilines is 1. The van der Waals surface area contributed by atoms with Crippen LogP contribution in [-0.2, 0) is 20.6 Å². The second-order valence-electron chi connectivity index (χ2n) is 6.27. The molecule has 10 nitrogen and oxygen atoms in total. The van der Waals surface area contributed by atoms with Gasteiger partial charge in [-0.25, -0.2) is 13.4 Å². The highest BCUT2D eigenvalue weighted by atomic mass is 32.2. The molecule has 152 valence electrons. The normalized spacial score (nSPS) is 13.1. The zero-order valence-corrected chi connectivity index (χ0v) is 16.6. The second kappa shape index (κ2) is 7.31. The molecule has 0 unspecified atom stereocenters. The van der Waals surface area contributed by atoms with E-state index >= 15 is 0 Å². The van der Waals surface area contributed by atoms with Crippen molar-refractivity contribution in [2.75, 3.05) is 4.72 Å². The number of thiazole rings is 1. The molecular weight excluding hydrogens is 432 g/mol. The van der Waals surface area contributed by atoms with Crippen molar-refractivity contribution in [3.05, 3.63) is 79.7 Å². The molecule has 1 aliphatic heterocycles. The summed E-state index contributed by atoms with van der Waals surface area (Å²) in [7, 11) is -3.83. The molecule has 2 N–H and O–H groups in total. The monoisotopic (exact) mass is 444 g/mol. The number of benzene rings is 2. The maximum absolute atomic E-state index is 12.4. The Hall–Kier alpha value is -3.64. The maximum atomic E-state index is 12.4. The van der Waals surface area contributed by atoms with Crippen LogP contribution in [0.5, 0.6) is 5.88 Å². The third-order valence-corrected chi connectivity index (χ3v) is 6.50. The minimum Gasteiger partial charge on any atom is -0.492 e. The van der Waals surface area contributed by atoms with Gasteiger partial charge in [0.25, 0.3) is 11.6 Å². The molecule has 3 aromatic rings. The van der Waals surface area contributed by atoms with Crippen LogP contribution in [0.1, 0.15) is 10.4 Å². The molecule has 0 saturated heterocycles. The van der Waals surface area contributed by atoms with Gasteiger partial charge in [-0.05, 0) is 11.6 Å². The fourth-order valence-electron chi connectivity index (χ4n) is 2.92. The molecule has 30 heavy (non-hydrogen) atoms. The number of sulfonamides is 1. The van der Waals surface area contributed by atoms with Gasteiger partial charge >= 0.3 is 0 Å². The number of fused-ring (bicyclic) bond motifs is 1. The van der Waals surface area contributed by atoms with Crippen molar-refractivity contribution in [2.24, 2.45) is 4.99 Å². The number of carbonyl (C=O) groups is 1. The number of aromatic hydroxyl groups is 1. The predicted molar refractivity (Wildman–Crippen MR) is 108 cm³/mol. The van der Waals surface area contributed by atoms with Gasteiger partial charge in [-0.3, -0.25) is 19.6 Å². The molecule has 1 aliphatic rings. The molecule has 0 bridgehead atoms.